The van der Waals surface area contributed by atoms with Crippen LogP contribution in [0.15, 0.2) is 29.2 Å². The Morgan fingerprint density at radius 1 is 1.11 bits per heavy atom. The van der Waals surface area contributed by atoms with E-state index in [-0.39, 0.29) is 5.25 Å². The first kappa shape index (κ1) is 15.4. The number of rotatable bonds is 6. The van der Waals surface area contributed by atoms with Crippen molar-refractivity contribution in [3.63, 3.8) is 0 Å². The third kappa shape index (κ3) is 4.21. The van der Waals surface area contributed by atoms with Crippen molar-refractivity contribution < 1.29 is 4.21 Å². The van der Waals surface area contributed by atoms with Gasteiger partial charge in [0.15, 0.2) is 0 Å². The van der Waals surface area contributed by atoms with Crippen molar-refractivity contribution in [3.05, 3.63) is 29.8 Å². The van der Waals surface area contributed by atoms with E-state index in [9.17, 15) is 4.21 Å². The lowest BCUT2D eigenvalue weighted by atomic mass is 10.0. The number of nitrogens with one attached hydrogen (secondary N) is 1. The normalized spacial score (nSPS) is 16.6. The summed E-state index contributed by atoms with van der Waals surface area (Å²) in [5.41, 5.74) is 1.30. The van der Waals surface area contributed by atoms with Gasteiger partial charge in [-0.1, -0.05) is 32.9 Å². The Morgan fingerprint density at radius 2 is 1.67 bits per heavy atom. The van der Waals surface area contributed by atoms with Crippen LogP contribution in [0.2, 0.25) is 0 Å². The molecule has 0 aliphatic heterocycles. The van der Waals surface area contributed by atoms with Crippen molar-refractivity contribution in [1.29, 1.82) is 0 Å². The Balaban J connectivity index is 2.71. The molecule has 3 heteroatoms. The van der Waals surface area contributed by atoms with Crippen molar-refractivity contribution in [2.24, 2.45) is 0 Å². The van der Waals surface area contributed by atoms with Gasteiger partial charge in [0, 0.05) is 16.2 Å². The van der Waals surface area contributed by atoms with Gasteiger partial charge in [-0.2, -0.15) is 0 Å². The standard InChI is InChI=1S/C15H25NOS/c1-11(2)14-6-8-15(9-7-14)18(17)13(4)10-12(3)16-5/h6-9,11-13,16H,10H2,1-5H3. The summed E-state index contributed by atoms with van der Waals surface area (Å²) in [6.45, 7) is 8.52. The van der Waals surface area contributed by atoms with Gasteiger partial charge in [-0.3, -0.25) is 4.21 Å². The zero-order valence-corrected chi connectivity index (χ0v) is 12.9. The second-order valence-electron chi connectivity index (χ2n) is 5.26. The van der Waals surface area contributed by atoms with Crippen LogP contribution >= 0.6 is 0 Å². The van der Waals surface area contributed by atoms with Gasteiger partial charge in [-0.15, -0.1) is 0 Å². The van der Waals surface area contributed by atoms with E-state index in [1.807, 2.05) is 19.2 Å². The van der Waals surface area contributed by atoms with Crippen LogP contribution in [0.4, 0.5) is 0 Å². The lowest BCUT2D eigenvalue weighted by Crippen LogP contribution is -2.27. The Kier molecular flexibility index (Phi) is 6.03. The minimum Gasteiger partial charge on any atom is -0.317 e. The van der Waals surface area contributed by atoms with Gasteiger partial charge >= 0.3 is 0 Å². The van der Waals surface area contributed by atoms with E-state index in [0.29, 0.717) is 12.0 Å². The fourth-order valence-corrected chi connectivity index (χ4v) is 3.25. The molecule has 1 N–H and O–H groups in total. The molecule has 3 unspecified atom stereocenters. The first-order chi connectivity index (χ1) is 8.45. The highest BCUT2D eigenvalue weighted by Gasteiger charge is 2.16. The van der Waals surface area contributed by atoms with Crippen molar-refractivity contribution in [1.82, 2.24) is 5.32 Å². The molecule has 0 amide bonds. The lowest BCUT2D eigenvalue weighted by molar-refractivity contribution is 0.554. The Hall–Kier alpha value is -0.670. The SMILES string of the molecule is CNC(C)CC(C)S(=O)c1ccc(C(C)C)cc1. The highest BCUT2D eigenvalue weighted by Crippen LogP contribution is 2.19. The van der Waals surface area contributed by atoms with Crippen LogP contribution in [-0.2, 0) is 10.8 Å². The van der Waals surface area contributed by atoms with E-state index in [2.05, 4.69) is 45.1 Å². The van der Waals surface area contributed by atoms with Crippen LogP contribution in [-0.4, -0.2) is 22.5 Å². The first-order valence-electron chi connectivity index (χ1n) is 6.63. The van der Waals surface area contributed by atoms with Crippen molar-refractivity contribution in [2.75, 3.05) is 7.05 Å². The summed E-state index contributed by atoms with van der Waals surface area (Å²) in [5.74, 6) is 0.522. The smallest absolute Gasteiger partial charge is 0.0558 e. The summed E-state index contributed by atoms with van der Waals surface area (Å²) < 4.78 is 12.4. The van der Waals surface area contributed by atoms with Gasteiger partial charge in [-0.25, -0.2) is 0 Å². The van der Waals surface area contributed by atoms with Crippen LogP contribution in [0.3, 0.4) is 0 Å². The lowest BCUT2D eigenvalue weighted by Gasteiger charge is -2.16. The van der Waals surface area contributed by atoms with E-state index in [1.165, 1.54) is 5.56 Å². The summed E-state index contributed by atoms with van der Waals surface area (Å²) in [4.78, 5) is 0.940. The Bertz CT molecular complexity index is 386. The monoisotopic (exact) mass is 267 g/mol. The summed E-state index contributed by atoms with van der Waals surface area (Å²) in [7, 11) is 1.03. The quantitative estimate of drug-likeness (QED) is 0.857. The van der Waals surface area contributed by atoms with E-state index < -0.39 is 10.8 Å². The maximum Gasteiger partial charge on any atom is 0.0558 e. The molecule has 0 aliphatic carbocycles. The average Bonchev–Trinajstić information content (AvgIpc) is 2.37. The van der Waals surface area contributed by atoms with Gasteiger partial charge in [0.25, 0.3) is 0 Å². The molecule has 0 aromatic heterocycles. The molecule has 0 spiro atoms. The van der Waals surface area contributed by atoms with Crippen LogP contribution in [0.5, 0.6) is 0 Å². The fourth-order valence-electron chi connectivity index (χ4n) is 1.92. The number of benzene rings is 1. The minimum absolute atomic E-state index is 0.178. The van der Waals surface area contributed by atoms with E-state index in [1.54, 1.807) is 0 Å². The molecule has 1 aromatic carbocycles. The maximum absolute atomic E-state index is 12.4. The molecule has 0 radical (unpaired) electrons. The van der Waals surface area contributed by atoms with Gasteiger partial charge < -0.3 is 5.32 Å². The fraction of sp³-hybridized carbons (Fsp3) is 0.600. The Morgan fingerprint density at radius 3 is 2.11 bits per heavy atom. The zero-order chi connectivity index (χ0) is 13.7. The van der Waals surface area contributed by atoms with Crippen molar-refractivity contribution >= 4 is 10.8 Å². The molecule has 3 atom stereocenters. The summed E-state index contributed by atoms with van der Waals surface area (Å²) in [6, 6.07) is 8.59. The largest absolute Gasteiger partial charge is 0.317 e. The second kappa shape index (κ2) is 7.05. The molecule has 0 saturated heterocycles. The molecule has 0 saturated carbocycles. The van der Waals surface area contributed by atoms with E-state index in [4.69, 9.17) is 0 Å². The zero-order valence-electron chi connectivity index (χ0n) is 12.1. The predicted octanol–water partition coefficient (Wildman–Crippen LogP) is 3.30. The van der Waals surface area contributed by atoms with Gasteiger partial charge in [0.2, 0.25) is 0 Å². The third-order valence-corrected chi connectivity index (χ3v) is 4.98. The van der Waals surface area contributed by atoms with Gasteiger partial charge in [-0.05, 0) is 44.0 Å². The minimum atomic E-state index is -0.912. The molecule has 102 valence electrons. The molecule has 2 nitrogen and oxygen atoms in total. The van der Waals surface area contributed by atoms with Gasteiger partial charge in [0.05, 0.1) is 10.8 Å². The van der Waals surface area contributed by atoms with Crippen molar-refractivity contribution in [2.45, 2.75) is 56.2 Å². The second-order valence-corrected chi connectivity index (χ2v) is 7.13. The first-order valence-corrected chi connectivity index (χ1v) is 7.84. The van der Waals surface area contributed by atoms with Crippen LogP contribution < -0.4 is 5.32 Å². The van der Waals surface area contributed by atoms with Crippen LogP contribution in [0.1, 0.15) is 45.6 Å². The molecule has 18 heavy (non-hydrogen) atoms. The number of hydrogen-bond acceptors (Lipinski definition) is 2. The van der Waals surface area contributed by atoms with Crippen LogP contribution in [0, 0.1) is 0 Å². The van der Waals surface area contributed by atoms with E-state index in [0.717, 1.165) is 11.3 Å². The summed E-state index contributed by atoms with van der Waals surface area (Å²) in [5, 5.41) is 3.37. The highest BCUT2D eigenvalue weighted by molar-refractivity contribution is 7.85. The molecular formula is C15H25NOS. The molecule has 0 heterocycles. The highest BCUT2D eigenvalue weighted by atomic mass is 32.2. The molecule has 1 aromatic rings. The van der Waals surface area contributed by atoms with Gasteiger partial charge in [0.1, 0.15) is 0 Å². The summed E-state index contributed by atoms with van der Waals surface area (Å²) in [6.07, 6.45) is 0.926. The molecule has 0 aliphatic rings. The third-order valence-electron chi connectivity index (χ3n) is 3.32. The Labute approximate surface area is 114 Å². The maximum atomic E-state index is 12.4. The topological polar surface area (TPSA) is 29.1 Å². The summed E-state index contributed by atoms with van der Waals surface area (Å²) >= 11 is 0. The molecule has 1 rings (SSSR count). The molecule has 0 fully saturated rings. The number of hydrogen-bond donors (Lipinski definition) is 1. The van der Waals surface area contributed by atoms with Crippen molar-refractivity contribution in [3.8, 4) is 0 Å². The predicted molar refractivity (Wildman–Crippen MR) is 79.5 cm³/mol. The molecule has 0 bridgehead atoms. The molecular weight excluding hydrogens is 242 g/mol. The average molecular weight is 267 g/mol. The van der Waals surface area contributed by atoms with E-state index >= 15 is 0 Å². The van der Waals surface area contributed by atoms with Crippen LogP contribution in [0.25, 0.3) is 0 Å².